The number of rotatable bonds is 34. The molecule has 0 radical (unpaired) electrons. The van der Waals surface area contributed by atoms with Gasteiger partial charge in [-0.2, -0.15) is 0 Å². The fourth-order valence-corrected chi connectivity index (χ4v) is 10.3. The van der Waals surface area contributed by atoms with Gasteiger partial charge in [-0.15, -0.1) is 6.58 Å². The SMILES string of the molecule is C=C(C)C[C@H](N)C(=O)N(C)[C@@H](CC(C)C)C(O)N[C@H](C(=O)N(C)CC(=O)N(C)[C@H](C(=O)N[C@@H](COCC(C)C)C(=O)N(C)[C@@H](Cc1ccccc1)C(=O)N(C)[C@H](C(=O)N[C@@H](CC(=O)O)C(=O)N1CCCCC1)C(C)C)[C@@H](C)CC)C(C)C. The highest BCUT2D eigenvalue weighted by Gasteiger charge is 2.42. The van der Waals surface area contributed by atoms with E-state index in [9.17, 15) is 43.8 Å². The van der Waals surface area contributed by atoms with Gasteiger partial charge in [0, 0.05) is 61.4 Å². The van der Waals surface area contributed by atoms with Crippen LogP contribution in [0.2, 0.25) is 0 Å². The number of nitrogens with zero attached hydrogens (tertiary/aromatic N) is 6. The van der Waals surface area contributed by atoms with Crippen LogP contribution in [0.1, 0.15) is 127 Å². The van der Waals surface area contributed by atoms with E-state index in [4.69, 9.17) is 10.5 Å². The number of likely N-dealkylation sites (N-methyl/N-ethyl adjacent to an activating group) is 5. The Hall–Kier alpha value is -5.97. The number of nitrogens with two attached hydrogens (primary N) is 1. The lowest BCUT2D eigenvalue weighted by molar-refractivity contribution is -0.152. The summed E-state index contributed by atoms with van der Waals surface area (Å²) in [5, 5.41) is 30.0. The van der Waals surface area contributed by atoms with Gasteiger partial charge in [-0.25, -0.2) is 0 Å². The molecule has 1 aliphatic heterocycles. The molecule has 0 spiro atoms. The second-order valence-corrected chi connectivity index (χ2v) is 24.1. The first kappa shape index (κ1) is 72.1. The molecule has 1 saturated heterocycles. The summed E-state index contributed by atoms with van der Waals surface area (Å²) < 4.78 is 6.01. The van der Waals surface area contributed by atoms with E-state index in [1.54, 1.807) is 83.8 Å². The van der Waals surface area contributed by atoms with Crippen LogP contribution in [0.3, 0.4) is 0 Å². The number of carbonyl (C=O) groups excluding carboxylic acids is 8. The Morgan fingerprint density at radius 2 is 1.27 bits per heavy atom. The number of piperidine rings is 1. The number of ether oxygens (including phenoxy) is 1. The molecular formula is C60H102N10O12. The highest BCUT2D eigenvalue weighted by molar-refractivity contribution is 5.97. The van der Waals surface area contributed by atoms with Crippen molar-refractivity contribution in [2.24, 2.45) is 35.3 Å². The monoisotopic (exact) mass is 1150 g/mol. The van der Waals surface area contributed by atoms with Crippen LogP contribution >= 0.6 is 0 Å². The predicted octanol–water partition coefficient (Wildman–Crippen LogP) is 3.10. The minimum absolute atomic E-state index is 0.0216. The molecule has 82 heavy (non-hydrogen) atoms. The molecule has 10 atom stereocenters. The second-order valence-electron chi connectivity index (χ2n) is 24.1. The van der Waals surface area contributed by atoms with E-state index in [0.717, 1.165) is 24.8 Å². The quantitative estimate of drug-likeness (QED) is 0.0428. The molecule has 8 amide bonds. The lowest BCUT2D eigenvalue weighted by Crippen LogP contribution is -2.62. The number of carbonyl (C=O) groups is 9. The van der Waals surface area contributed by atoms with Crippen LogP contribution in [-0.4, -0.2) is 215 Å². The van der Waals surface area contributed by atoms with Crippen molar-refractivity contribution >= 4 is 53.2 Å². The molecule has 1 heterocycles. The molecule has 1 unspecified atom stereocenters. The van der Waals surface area contributed by atoms with Crippen LogP contribution in [0.15, 0.2) is 42.5 Å². The summed E-state index contributed by atoms with van der Waals surface area (Å²) in [6, 6.07) is -0.166. The number of aliphatic carboxylic acids is 1. The van der Waals surface area contributed by atoms with Crippen molar-refractivity contribution in [1.29, 1.82) is 0 Å². The Bertz CT molecular complexity index is 2280. The number of aliphatic hydroxyl groups is 1. The average molecular weight is 1160 g/mol. The topological polar surface area (TPSA) is 285 Å². The van der Waals surface area contributed by atoms with Gasteiger partial charge in [0.25, 0.3) is 0 Å². The fourth-order valence-electron chi connectivity index (χ4n) is 10.3. The summed E-state index contributed by atoms with van der Waals surface area (Å²) in [6.07, 6.45) is 1.43. The van der Waals surface area contributed by atoms with Gasteiger partial charge in [-0.3, -0.25) is 48.5 Å². The number of hydrogen-bond donors (Lipinski definition) is 6. The molecule has 0 aromatic heterocycles. The lowest BCUT2D eigenvalue weighted by atomic mass is 9.96. The summed E-state index contributed by atoms with van der Waals surface area (Å²) in [6.45, 7) is 24.2. The zero-order chi connectivity index (χ0) is 62.5. The first-order valence-corrected chi connectivity index (χ1v) is 29.1. The van der Waals surface area contributed by atoms with Crippen molar-refractivity contribution in [3.8, 4) is 0 Å². The van der Waals surface area contributed by atoms with Gasteiger partial charge in [0.15, 0.2) is 0 Å². The summed E-state index contributed by atoms with van der Waals surface area (Å²) in [4.78, 5) is 135. The summed E-state index contributed by atoms with van der Waals surface area (Å²) >= 11 is 0. The van der Waals surface area contributed by atoms with Crippen molar-refractivity contribution in [3.63, 3.8) is 0 Å². The van der Waals surface area contributed by atoms with E-state index in [2.05, 4.69) is 22.5 Å². The third-order valence-electron chi connectivity index (χ3n) is 15.2. The van der Waals surface area contributed by atoms with E-state index in [1.165, 1.54) is 52.7 Å². The maximum atomic E-state index is 15.0. The maximum absolute atomic E-state index is 15.0. The molecule has 464 valence electrons. The molecule has 1 aromatic carbocycles. The maximum Gasteiger partial charge on any atom is 0.305 e. The molecule has 0 bridgehead atoms. The Morgan fingerprint density at radius 1 is 0.695 bits per heavy atom. The molecule has 22 heteroatoms. The van der Waals surface area contributed by atoms with Crippen LogP contribution in [0.4, 0.5) is 0 Å². The zero-order valence-electron chi connectivity index (χ0n) is 52.1. The lowest BCUT2D eigenvalue weighted by Gasteiger charge is -2.38. The van der Waals surface area contributed by atoms with Crippen molar-refractivity contribution in [1.82, 2.24) is 45.3 Å². The fraction of sp³-hybridized carbons (Fsp3) is 0.717. The molecule has 1 aromatic rings. The number of carboxylic acids is 1. The molecule has 2 rings (SSSR count). The Morgan fingerprint density at radius 3 is 1.78 bits per heavy atom. The van der Waals surface area contributed by atoms with Crippen LogP contribution in [-0.2, 0) is 54.3 Å². The third kappa shape index (κ3) is 22.0. The van der Waals surface area contributed by atoms with Gasteiger partial charge in [0.1, 0.15) is 36.4 Å². The number of nitrogens with one attached hydrogen (secondary N) is 3. The van der Waals surface area contributed by atoms with Gasteiger partial charge in [-0.05, 0) is 74.2 Å². The van der Waals surface area contributed by atoms with Gasteiger partial charge < -0.3 is 60.7 Å². The number of hydrogen-bond acceptors (Lipinski definition) is 13. The Labute approximate surface area is 488 Å². The molecular weight excluding hydrogens is 1050 g/mol. The predicted molar refractivity (Wildman–Crippen MR) is 315 cm³/mol. The van der Waals surface area contributed by atoms with Crippen molar-refractivity contribution in [2.75, 3.05) is 68.1 Å². The van der Waals surface area contributed by atoms with E-state index >= 15 is 9.59 Å². The number of likely N-dealkylation sites (tertiary alicyclic amines) is 1. The molecule has 0 aliphatic carbocycles. The molecule has 1 aliphatic rings. The van der Waals surface area contributed by atoms with E-state index in [-0.39, 0.29) is 37.9 Å². The van der Waals surface area contributed by atoms with Gasteiger partial charge >= 0.3 is 5.97 Å². The van der Waals surface area contributed by atoms with Crippen LogP contribution in [0, 0.1) is 29.6 Å². The number of amides is 8. The minimum Gasteiger partial charge on any atom is -0.481 e. The number of benzene rings is 1. The number of aliphatic hydroxyl groups excluding tert-OH is 1. The summed E-state index contributed by atoms with van der Waals surface area (Å²) in [7, 11) is 7.28. The smallest absolute Gasteiger partial charge is 0.305 e. The minimum atomic E-state index is -1.39. The molecule has 7 N–H and O–H groups in total. The summed E-state index contributed by atoms with van der Waals surface area (Å²) in [5.74, 6) is -7.47. The van der Waals surface area contributed by atoms with Gasteiger partial charge in [0.2, 0.25) is 47.3 Å². The van der Waals surface area contributed by atoms with Crippen LogP contribution in [0.25, 0.3) is 0 Å². The average Bonchev–Trinajstić information content (AvgIpc) is 3.54. The first-order valence-electron chi connectivity index (χ1n) is 29.1. The molecule has 1 fully saturated rings. The normalized spacial score (nSPS) is 16.4. The third-order valence-corrected chi connectivity index (χ3v) is 15.2. The van der Waals surface area contributed by atoms with Gasteiger partial charge in [0.05, 0.1) is 37.7 Å². The zero-order valence-corrected chi connectivity index (χ0v) is 52.1. The van der Waals surface area contributed by atoms with E-state index in [1.807, 2.05) is 34.6 Å². The molecule has 0 saturated carbocycles. The van der Waals surface area contributed by atoms with Crippen LogP contribution < -0.4 is 21.7 Å². The number of carboxylic acid groups (broad SMARTS) is 1. The first-order chi connectivity index (χ1) is 38.3. The van der Waals surface area contributed by atoms with E-state index in [0.29, 0.717) is 31.5 Å². The Balaban J connectivity index is 2.52. The second kappa shape index (κ2) is 34.6. The standard InChI is InChI=1S/C60H102N10O12/c1-18-41(12)52(68(16)48(71)33-65(13)60(81)50(39(8)9)64-53(74)46(30-37(4)5)66(14)56(77)43(61)29-36(2)3)55(76)63-45(35-82-34-38(6)7)57(78)67(15)47(31-42-25-21-19-22-26-42)59(80)69(17)51(40(10)11)54(75)62-44(32-49(72)73)58(79)70-27-23-20-24-28-70/h19,21-22,25-26,37-41,43-47,50-53,64,74H,2,18,20,23-24,27-35,61H2,1,3-17H3,(H,62,75)(H,63,76)(H,72,73)/t41-,43-,44-,45-,46-,47-,50-,51-,52-,53?/m0/s1. The molecule has 22 nitrogen and oxygen atoms in total. The van der Waals surface area contributed by atoms with E-state index < -0.39 is 139 Å². The largest absolute Gasteiger partial charge is 0.481 e. The highest BCUT2D eigenvalue weighted by atomic mass is 16.5. The summed E-state index contributed by atoms with van der Waals surface area (Å²) in [5.41, 5.74) is 7.62. The van der Waals surface area contributed by atoms with Crippen molar-refractivity contribution in [2.45, 2.75) is 182 Å². The van der Waals surface area contributed by atoms with Crippen molar-refractivity contribution in [3.05, 3.63) is 48.0 Å². The Kier molecular flexibility index (Phi) is 30.4. The highest BCUT2D eigenvalue weighted by Crippen LogP contribution is 2.22. The van der Waals surface area contributed by atoms with Crippen molar-refractivity contribution < 1.29 is 58.1 Å². The van der Waals surface area contributed by atoms with Gasteiger partial charge in [-0.1, -0.05) is 112 Å². The van der Waals surface area contributed by atoms with Crippen LogP contribution in [0.5, 0.6) is 0 Å².